The van der Waals surface area contributed by atoms with Crippen LogP contribution in [0.4, 0.5) is 11.5 Å². The molecule has 0 unspecified atom stereocenters. The summed E-state index contributed by atoms with van der Waals surface area (Å²) in [6.07, 6.45) is 3.72. The molecule has 3 rings (SSSR count). The number of amides is 1. The van der Waals surface area contributed by atoms with Crippen molar-refractivity contribution < 1.29 is 4.79 Å². The highest BCUT2D eigenvalue weighted by Gasteiger charge is 2.10. The summed E-state index contributed by atoms with van der Waals surface area (Å²) in [5.74, 6) is 0.163. The minimum atomic E-state index is -0.419. The van der Waals surface area contributed by atoms with E-state index < -0.39 is 5.91 Å². The van der Waals surface area contributed by atoms with E-state index in [4.69, 9.17) is 16.9 Å². The third kappa shape index (κ3) is 5.03. The average Bonchev–Trinajstić information content (AvgIpc) is 2.70. The van der Waals surface area contributed by atoms with Crippen LogP contribution in [0.25, 0.3) is 0 Å². The van der Waals surface area contributed by atoms with Crippen LogP contribution >= 0.6 is 11.6 Å². The third-order valence-corrected chi connectivity index (χ3v) is 4.07. The summed E-state index contributed by atoms with van der Waals surface area (Å²) >= 11 is 5.87. The van der Waals surface area contributed by atoms with Gasteiger partial charge in [0.15, 0.2) is 0 Å². The number of hydrogen-bond acceptors (Lipinski definition) is 5. The van der Waals surface area contributed by atoms with Gasteiger partial charge in [0.05, 0.1) is 23.6 Å². The van der Waals surface area contributed by atoms with Gasteiger partial charge in [-0.05, 0) is 36.2 Å². The van der Waals surface area contributed by atoms with Gasteiger partial charge in [-0.1, -0.05) is 35.9 Å². The van der Waals surface area contributed by atoms with Gasteiger partial charge in [-0.3, -0.25) is 4.79 Å². The molecule has 0 aliphatic rings. The molecule has 6 nitrogen and oxygen atoms in total. The molecule has 134 valence electrons. The number of nitrogens with one attached hydrogen (secondary N) is 2. The first-order chi connectivity index (χ1) is 13.2. The summed E-state index contributed by atoms with van der Waals surface area (Å²) < 4.78 is 0. The molecule has 1 heterocycles. The molecule has 0 aliphatic carbocycles. The molecular formula is C20H16ClN5O. The zero-order chi connectivity index (χ0) is 19.1. The van der Waals surface area contributed by atoms with Gasteiger partial charge in [0.2, 0.25) is 0 Å². The second-order valence-corrected chi connectivity index (χ2v) is 6.14. The van der Waals surface area contributed by atoms with Gasteiger partial charge in [0, 0.05) is 11.6 Å². The summed E-state index contributed by atoms with van der Waals surface area (Å²) in [5, 5.41) is 15.6. The monoisotopic (exact) mass is 377 g/mol. The van der Waals surface area contributed by atoms with Crippen LogP contribution in [-0.2, 0) is 6.42 Å². The third-order valence-electron chi connectivity index (χ3n) is 3.81. The normalized spacial score (nSPS) is 10.1. The predicted octanol–water partition coefficient (Wildman–Crippen LogP) is 3.91. The van der Waals surface area contributed by atoms with Gasteiger partial charge in [-0.2, -0.15) is 5.26 Å². The topological polar surface area (TPSA) is 90.7 Å². The fourth-order valence-corrected chi connectivity index (χ4v) is 2.52. The molecule has 0 saturated carbocycles. The van der Waals surface area contributed by atoms with Crippen molar-refractivity contribution in [3.8, 4) is 6.07 Å². The highest BCUT2D eigenvalue weighted by molar-refractivity contribution is 6.30. The number of anilines is 2. The Labute approximate surface area is 161 Å². The van der Waals surface area contributed by atoms with Crippen molar-refractivity contribution in [2.75, 3.05) is 17.2 Å². The summed E-state index contributed by atoms with van der Waals surface area (Å²) in [5.41, 5.74) is 2.16. The number of halogens is 1. The zero-order valence-electron chi connectivity index (χ0n) is 14.3. The van der Waals surface area contributed by atoms with Crippen molar-refractivity contribution in [2.45, 2.75) is 6.42 Å². The minimum Gasteiger partial charge on any atom is -0.368 e. The van der Waals surface area contributed by atoms with Crippen molar-refractivity contribution in [3.63, 3.8) is 0 Å². The Morgan fingerprint density at radius 2 is 1.85 bits per heavy atom. The van der Waals surface area contributed by atoms with E-state index in [0.717, 1.165) is 12.0 Å². The molecule has 0 bridgehead atoms. The summed E-state index contributed by atoms with van der Waals surface area (Å²) in [6, 6.07) is 16.5. The molecule has 2 aromatic carbocycles. The molecule has 0 fully saturated rings. The van der Waals surface area contributed by atoms with Gasteiger partial charge >= 0.3 is 0 Å². The highest BCUT2D eigenvalue weighted by atomic mass is 35.5. The fraction of sp³-hybridized carbons (Fsp3) is 0.100. The van der Waals surface area contributed by atoms with Crippen molar-refractivity contribution in [1.29, 1.82) is 5.26 Å². The fourth-order valence-electron chi connectivity index (χ4n) is 2.40. The Morgan fingerprint density at radius 1 is 1.07 bits per heavy atom. The molecule has 0 aliphatic heterocycles. The van der Waals surface area contributed by atoms with Crippen LogP contribution in [0.2, 0.25) is 5.02 Å². The maximum Gasteiger partial charge on any atom is 0.275 e. The van der Waals surface area contributed by atoms with Gasteiger partial charge in [0.25, 0.3) is 5.91 Å². The molecule has 27 heavy (non-hydrogen) atoms. The SMILES string of the molecule is N#Cc1ccccc1NC(=O)c1cnc(NCCc2ccc(Cl)cc2)cn1. The summed E-state index contributed by atoms with van der Waals surface area (Å²) in [6.45, 7) is 0.678. The van der Waals surface area contributed by atoms with Gasteiger partial charge < -0.3 is 10.6 Å². The standard InChI is InChI=1S/C20H16ClN5O/c21-16-7-5-14(6-8-16)9-10-23-19-13-24-18(12-25-19)20(27)26-17-4-2-1-3-15(17)11-22/h1-8,12-13H,9-10H2,(H,23,25)(H,26,27). The second kappa shape index (κ2) is 8.79. The van der Waals surface area contributed by atoms with E-state index >= 15 is 0 Å². The minimum absolute atomic E-state index is 0.172. The van der Waals surface area contributed by atoms with Crippen molar-refractivity contribution in [2.24, 2.45) is 0 Å². The Hall–Kier alpha value is -3.43. The Kier molecular flexibility index (Phi) is 5.98. The maximum atomic E-state index is 12.3. The number of carbonyl (C=O) groups is 1. The summed E-state index contributed by atoms with van der Waals surface area (Å²) in [4.78, 5) is 20.6. The lowest BCUT2D eigenvalue weighted by atomic mass is 10.1. The maximum absolute atomic E-state index is 12.3. The molecule has 3 aromatic rings. The van der Waals surface area contributed by atoms with Gasteiger partial charge in [-0.15, -0.1) is 0 Å². The first kappa shape index (κ1) is 18.4. The zero-order valence-corrected chi connectivity index (χ0v) is 15.1. The van der Waals surface area contributed by atoms with Gasteiger partial charge in [-0.25, -0.2) is 9.97 Å². The molecule has 0 saturated heterocycles. The van der Waals surface area contributed by atoms with Crippen LogP contribution in [0, 0.1) is 11.3 Å². The molecular weight excluding hydrogens is 362 g/mol. The number of carbonyl (C=O) groups excluding carboxylic acids is 1. The lowest BCUT2D eigenvalue weighted by molar-refractivity contribution is 0.102. The molecule has 1 aromatic heterocycles. The number of nitriles is 1. The number of aromatic nitrogens is 2. The Bertz CT molecular complexity index is 965. The van der Waals surface area contributed by atoms with E-state index in [1.807, 2.05) is 30.3 Å². The van der Waals surface area contributed by atoms with E-state index in [-0.39, 0.29) is 5.69 Å². The first-order valence-electron chi connectivity index (χ1n) is 8.26. The lowest BCUT2D eigenvalue weighted by Gasteiger charge is -2.08. The largest absolute Gasteiger partial charge is 0.368 e. The second-order valence-electron chi connectivity index (χ2n) is 5.70. The van der Waals surface area contributed by atoms with E-state index in [1.54, 1.807) is 24.3 Å². The number of rotatable bonds is 6. The van der Waals surface area contributed by atoms with Crippen molar-refractivity contribution >= 4 is 29.0 Å². The number of hydrogen-bond donors (Lipinski definition) is 2. The van der Waals surface area contributed by atoms with E-state index in [2.05, 4.69) is 20.6 Å². The molecule has 1 amide bonds. The number of para-hydroxylation sites is 1. The van der Waals surface area contributed by atoms with Crippen LogP contribution in [0.15, 0.2) is 60.9 Å². The molecule has 7 heteroatoms. The first-order valence-corrected chi connectivity index (χ1v) is 8.64. The van der Waals surface area contributed by atoms with Crippen LogP contribution in [0.1, 0.15) is 21.6 Å². The molecule has 0 radical (unpaired) electrons. The quantitative estimate of drug-likeness (QED) is 0.679. The van der Waals surface area contributed by atoms with Crippen molar-refractivity contribution in [3.05, 3.63) is 82.8 Å². The molecule has 2 N–H and O–H groups in total. The number of nitrogens with zero attached hydrogens (tertiary/aromatic N) is 3. The summed E-state index contributed by atoms with van der Waals surface area (Å²) in [7, 11) is 0. The average molecular weight is 378 g/mol. The predicted molar refractivity (Wildman–Crippen MR) is 105 cm³/mol. The molecule has 0 atom stereocenters. The van der Waals surface area contributed by atoms with Crippen LogP contribution < -0.4 is 10.6 Å². The molecule has 0 spiro atoms. The Morgan fingerprint density at radius 3 is 2.56 bits per heavy atom. The van der Waals surface area contributed by atoms with E-state index in [9.17, 15) is 4.79 Å². The van der Waals surface area contributed by atoms with Gasteiger partial charge in [0.1, 0.15) is 17.6 Å². The Balaban J connectivity index is 1.55. The van der Waals surface area contributed by atoms with Crippen LogP contribution in [0.3, 0.4) is 0 Å². The van der Waals surface area contributed by atoms with Crippen LogP contribution in [0.5, 0.6) is 0 Å². The van der Waals surface area contributed by atoms with E-state index in [1.165, 1.54) is 12.4 Å². The lowest BCUT2D eigenvalue weighted by Crippen LogP contribution is -2.15. The smallest absolute Gasteiger partial charge is 0.275 e. The van der Waals surface area contributed by atoms with Crippen LogP contribution in [-0.4, -0.2) is 22.4 Å². The van der Waals surface area contributed by atoms with E-state index in [0.29, 0.717) is 28.6 Å². The highest BCUT2D eigenvalue weighted by Crippen LogP contribution is 2.15. The van der Waals surface area contributed by atoms with Crippen molar-refractivity contribution in [1.82, 2.24) is 9.97 Å². The number of benzene rings is 2.